The molecule has 7 heteroatoms. The van der Waals surface area contributed by atoms with Crippen LogP contribution in [0.4, 0.5) is 4.39 Å². The number of nitrogens with one attached hydrogen (secondary N) is 2. The maximum atomic E-state index is 12.9. The number of halogens is 2. The van der Waals surface area contributed by atoms with Gasteiger partial charge in [-0.05, 0) is 50.1 Å². The van der Waals surface area contributed by atoms with E-state index >= 15 is 0 Å². The molecule has 1 aromatic carbocycles. The van der Waals surface area contributed by atoms with Crippen molar-refractivity contribution >= 4 is 41.7 Å². The number of guanidine groups is 1. The molecule has 2 rings (SSSR count). The fourth-order valence-corrected chi connectivity index (χ4v) is 3.64. The van der Waals surface area contributed by atoms with Gasteiger partial charge in [0.05, 0.1) is 0 Å². The summed E-state index contributed by atoms with van der Waals surface area (Å²) >= 11 is 1.71. The lowest BCUT2D eigenvalue weighted by Crippen LogP contribution is -2.49. The molecule has 1 aromatic rings. The quantitative estimate of drug-likeness (QED) is 0.206. The van der Waals surface area contributed by atoms with Crippen LogP contribution in [0, 0.1) is 5.82 Å². The second-order valence-corrected chi connectivity index (χ2v) is 7.23. The minimum absolute atomic E-state index is 0. The van der Waals surface area contributed by atoms with Crippen LogP contribution in [0.2, 0.25) is 0 Å². The van der Waals surface area contributed by atoms with Crippen LogP contribution in [0.15, 0.2) is 34.2 Å². The minimum Gasteiger partial charge on any atom is -0.356 e. The van der Waals surface area contributed by atoms with Crippen molar-refractivity contribution in [3.63, 3.8) is 0 Å². The summed E-state index contributed by atoms with van der Waals surface area (Å²) in [6.45, 7) is 6.61. The first-order valence-electron chi connectivity index (χ1n) is 8.79. The van der Waals surface area contributed by atoms with E-state index in [9.17, 15) is 4.39 Å². The zero-order valence-corrected chi connectivity index (χ0v) is 18.3. The van der Waals surface area contributed by atoms with E-state index in [0.717, 1.165) is 23.2 Å². The van der Waals surface area contributed by atoms with Gasteiger partial charge in [0.2, 0.25) is 0 Å². The fraction of sp³-hybridized carbons (Fsp3) is 0.611. The molecule has 142 valence electrons. The second-order valence-electron chi connectivity index (χ2n) is 6.06. The summed E-state index contributed by atoms with van der Waals surface area (Å²) in [5.74, 6) is 1.61. The molecular formula is C18H30FIN4S. The Hall–Kier alpha value is -0.540. The molecular weight excluding hydrogens is 450 g/mol. The summed E-state index contributed by atoms with van der Waals surface area (Å²) in [7, 11) is 1.81. The smallest absolute Gasteiger partial charge is 0.191 e. The fourth-order valence-electron chi connectivity index (χ4n) is 2.87. The molecule has 0 aromatic heterocycles. The largest absolute Gasteiger partial charge is 0.356 e. The number of nitrogens with zero attached hydrogens (tertiary/aromatic N) is 2. The summed E-state index contributed by atoms with van der Waals surface area (Å²) in [6, 6.07) is 7.14. The molecule has 25 heavy (non-hydrogen) atoms. The van der Waals surface area contributed by atoms with E-state index in [-0.39, 0.29) is 29.8 Å². The van der Waals surface area contributed by atoms with Crippen LogP contribution in [0.25, 0.3) is 0 Å². The van der Waals surface area contributed by atoms with Crippen LogP contribution >= 0.6 is 35.7 Å². The Morgan fingerprint density at radius 2 is 1.96 bits per heavy atom. The van der Waals surface area contributed by atoms with Gasteiger partial charge in [-0.25, -0.2) is 4.39 Å². The van der Waals surface area contributed by atoms with Gasteiger partial charge in [-0.1, -0.05) is 6.92 Å². The lowest BCUT2D eigenvalue weighted by Gasteiger charge is -2.32. The molecule has 1 saturated heterocycles. The Balaban J connectivity index is 0.00000312. The molecule has 0 radical (unpaired) electrons. The summed E-state index contributed by atoms with van der Waals surface area (Å²) in [6.07, 6.45) is 3.57. The Kier molecular flexibility index (Phi) is 11.5. The molecule has 0 unspecified atom stereocenters. The maximum Gasteiger partial charge on any atom is 0.191 e. The van der Waals surface area contributed by atoms with Gasteiger partial charge in [0, 0.05) is 43.4 Å². The van der Waals surface area contributed by atoms with Gasteiger partial charge in [-0.3, -0.25) is 4.99 Å². The normalized spacial score (nSPS) is 16.4. The first kappa shape index (κ1) is 22.5. The van der Waals surface area contributed by atoms with Crippen LogP contribution in [0.3, 0.4) is 0 Å². The molecule has 1 fully saturated rings. The van der Waals surface area contributed by atoms with Gasteiger partial charge in [-0.15, -0.1) is 35.7 Å². The van der Waals surface area contributed by atoms with Crippen molar-refractivity contribution in [2.45, 2.75) is 37.1 Å². The van der Waals surface area contributed by atoms with Gasteiger partial charge in [0.25, 0.3) is 0 Å². The highest BCUT2D eigenvalue weighted by atomic mass is 127. The molecule has 1 aliphatic heterocycles. The van der Waals surface area contributed by atoms with Crippen molar-refractivity contribution in [2.24, 2.45) is 4.99 Å². The monoisotopic (exact) mass is 480 g/mol. The van der Waals surface area contributed by atoms with Crippen molar-refractivity contribution < 1.29 is 4.39 Å². The summed E-state index contributed by atoms with van der Waals surface area (Å²) in [4.78, 5) is 7.94. The first-order valence-corrected chi connectivity index (χ1v) is 9.77. The van der Waals surface area contributed by atoms with E-state index in [2.05, 4.69) is 27.4 Å². The average molecular weight is 480 g/mol. The van der Waals surface area contributed by atoms with Crippen molar-refractivity contribution in [2.75, 3.05) is 39.0 Å². The van der Waals surface area contributed by atoms with Gasteiger partial charge < -0.3 is 15.5 Å². The summed E-state index contributed by atoms with van der Waals surface area (Å²) in [5.41, 5.74) is 0. The molecule has 0 aliphatic carbocycles. The van der Waals surface area contributed by atoms with Gasteiger partial charge >= 0.3 is 0 Å². The van der Waals surface area contributed by atoms with Crippen molar-refractivity contribution in [1.29, 1.82) is 0 Å². The Morgan fingerprint density at radius 3 is 2.56 bits per heavy atom. The van der Waals surface area contributed by atoms with E-state index in [1.54, 1.807) is 11.8 Å². The Morgan fingerprint density at radius 1 is 1.28 bits per heavy atom. The highest BCUT2D eigenvalue weighted by molar-refractivity contribution is 14.0. The van der Waals surface area contributed by atoms with Crippen LogP contribution in [0.1, 0.15) is 26.2 Å². The lowest BCUT2D eigenvalue weighted by molar-refractivity contribution is 0.206. The Labute approximate surface area is 172 Å². The predicted molar refractivity (Wildman–Crippen MR) is 117 cm³/mol. The number of likely N-dealkylation sites (tertiary alicyclic amines) is 1. The molecule has 1 heterocycles. The zero-order chi connectivity index (χ0) is 17.2. The highest BCUT2D eigenvalue weighted by Crippen LogP contribution is 2.17. The molecule has 0 bridgehead atoms. The standard InChI is InChI=1S/C18H29FN4S.HI/c1-3-11-23-12-8-16(9-13-23)22-18(20-2)21-10-14-24-17-6-4-15(19)5-7-17;/h4-7,16H,3,8-14H2,1-2H3,(H2,20,21,22);1H. The number of benzene rings is 1. The number of hydrogen-bond donors (Lipinski definition) is 2. The maximum absolute atomic E-state index is 12.9. The third kappa shape index (κ3) is 8.59. The first-order chi connectivity index (χ1) is 11.7. The molecule has 0 spiro atoms. The van der Waals surface area contributed by atoms with Crippen LogP contribution < -0.4 is 10.6 Å². The number of aliphatic imine (C=N–C) groups is 1. The lowest BCUT2D eigenvalue weighted by atomic mass is 10.1. The number of thioether (sulfide) groups is 1. The van der Waals surface area contributed by atoms with E-state index in [4.69, 9.17) is 0 Å². The molecule has 4 nitrogen and oxygen atoms in total. The van der Waals surface area contributed by atoms with Gasteiger partial charge in [0.1, 0.15) is 5.82 Å². The topological polar surface area (TPSA) is 39.7 Å². The van der Waals surface area contributed by atoms with E-state index in [0.29, 0.717) is 6.04 Å². The molecule has 2 N–H and O–H groups in total. The third-order valence-electron chi connectivity index (χ3n) is 4.17. The average Bonchev–Trinajstić information content (AvgIpc) is 2.61. The van der Waals surface area contributed by atoms with Crippen molar-refractivity contribution in [1.82, 2.24) is 15.5 Å². The summed E-state index contributed by atoms with van der Waals surface area (Å²) < 4.78 is 12.9. The van der Waals surface area contributed by atoms with Gasteiger partial charge in [-0.2, -0.15) is 0 Å². The van der Waals surface area contributed by atoms with E-state index in [1.807, 2.05) is 19.2 Å². The number of rotatable bonds is 7. The van der Waals surface area contributed by atoms with Crippen molar-refractivity contribution in [3.8, 4) is 0 Å². The molecule has 1 aliphatic rings. The van der Waals surface area contributed by atoms with E-state index < -0.39 is 0 Å². The number of piperidine rings is 1. The Bertz CT molecular complexity index is 504. The zero-order valence-electron chi connectivity index (χ0n) is 15.1. The van der Waals surface area contributed by atoms with E-state index in [1.165, 1.54) is 51.0 Å². The molecule has 0 amide bonds. The van der Waals surface area contributed by atoms with Crippen molar-refractivity contribution in [3.05, 3.63) is 30.1 Å². The third-order valence-corrected chi connectivity index (χ3v) is 5.18. The SMILES string of the molecule is CCCN1CCC(NC(=NC)NCCSc2ccc(F)cc2)CC1.I. The highest BCUT2D eigenvalue weighted by Gasteiger charge is 2.19. The van der Waals surface area contributed by atoms with Gasteiger partial charge in [0.15, 0.2) is 5.96 Å². The second kappa shape index (κ2) is 12.8. The van der Waals surface area contributed by atoms with Crippen LogP contribution in [-0.2, 0) is 0 Å². The summed E-state index contributed by atoms with van der Waals surface area (Å²) in [5, 5.41) is 6.89. The minimum atomic E-state index is -0.188. The van der Waals surface area contributed by atoms with Crippen LogP contribution in [0.5, 0.6) is 0 Å². The predicted octanol–water partition coefficient (Wildman–Crippen LogP) is 3.58. The number of hydrogen-bond acceptors (Lipinski definition) is 3. The van der Waals surface area contributed by atoms with Crippen LogP contribution in [-0.4, -0.2) is 55.9 Å². The molecule has 0 saturated carbocycles. The molecule has 0 atom stereocenters.